The molecule has 0 N–H and O–H groups in total. The van der Waals surface area contributed by atoms with E-state index in [2.05, 4.69) is 45.8 Å². The summed E-state index contributed by atoms with van der Waals surface area (Å²) in [6.07, 6.45) is 3.58. The molecule has 1 aliphatic rings. The maximum absolute atomic E-state index is 2.33. The van der Waals surface area contributed by atoms with Crippen LogP contribution in [0.25, 0.3) is 0 Å². The van der Waals surface area contributed by atoms with E-state index in [9.17, 15) is 0 Å². The number of hydrogen-bond acceptors (Lipinski definition) is 1. The Kier molecular flexibility index (Phi) is 2.10. The molecule has 0 aromatic rings. The van der Waals surface area contributed by atoms with Gasteiger partial charge in [0.2, 0.25) is 0 Å². The van der Waals surface area contributed by atoms with Crippen LogP contribution in [0, 0.1) is 5.92 Å². The largest absolute Gasteiger partial charge is 0.304 e. The molecule has 0 aliphatic heterocycles. The van der Waals surface area contributed by atoms with E-state index in [1.807, 2.05) is 0 Å². The van der Waals surface area contributed by atoms with Gasteiger partial charge in [-0.2, -0.15) is 0 Å². The molecule has 0 aromatic heterocycles. The van der Waals surface area contributed by atoms with Crippen molar-refractivity contribution in [3.8, 4) is 0 Å². The maximum Gasteiger partial charge on any atom is 0.0209 e. The summed E-state index contributed by atoms with van der Waals surface area (Å²) in [6, 6.07) is 0. The van der Waals surface area contributed by atoms with Gasteiger partial charge in [0.1, 0.15) is 0 Å². The minimum atomic E-state index is 0.308. The van der Waals surface area contributed by atoms with Crippen molar-refractivity contribution in [2.24, 2.45) is 5.92 Å². The molecule has 0 saturated carbocycles. The molecule has 0 amide bonds. The molecular formula is C10H19N. The van der Waals surface area contributed by atoms with Gasteiger partial charge in [0.25, 0.3) is 0 Å². The van der Waals surface area contributed by atoms with Crippen molar-refractivity contribution in [3.05, 3.63) is 11.6 Å². The number of hydrogen-bond donors (Lipinski definition) is 0. The van der Waals surface area contributed by atoms with Crippen LogP contribution in [0.2, 0.25) is 0 Å². The molecule has 1 unspecified atom stereocenters. The third-order valence-electron chi connectivity index (χ3n) is 3.21. The van der Waals surface area contributed by atoms with Gasteiger partial charge in [-0.25, -0.2) is 0 Å². The lowest BCUT2D eigenvalue weighted by atomic mass is 9.86. The van der Waals surface area contributed by atoms with Crippen LogP contribution >= 0.6 is 0 Å². The van der Waals surface area contributed by atoms with Crippen LogP contribution in [0.5, 0.6) is 0 Å². The molecule has 0 spiro atoms. The Balaban J connectivity index is 2.62. The van der Waals surface area contributed by atoms with Gasteiger partial charge in [0, 0.05) is 5.54 Å². The standard InChI is InChI=1S/C10H19N/c1-8(9-6-7-9)10(2,3)11(4)5/h6,8H,7H2,1-5H3. The molecule has 1 heteroatoms. The Bertz CT molecular complexity index is 177. The molecule has 64 valence electrons. The third kappa shape index (κ3) is 1.64. The second-order valence-electron chi connectivity index (χ2n) is 4.25. The van der Waals surface area contributed by atoms with E-state index in [1.54, 1.807) is 5.57 Å². The summed E-state index contributed by atoms with van der Waals surface area (Å²) in [5, 5.41) is 0. The van der Waals surface area contributed by atoms with Crippen molar-refractivity contribution in [2.75, 3.05) is 14.1 Å². The first kappa shape index (κ1) is 8.79. The lowest BCUT2D eigenvalue weighted by Crippen LogP contribution is -2.43. The Morgan fingerprint density at radius 3 is 2.18 bits per heavy atom. The van der Waals surface area contributed by atoms with Crippen LogP contribution in [-0.4, -0.2) is 24.5 Å². The van der Waals surface area contributed by atoms with Gasteiger partial charge in [0.05, 0.1) is 0 Å². The van der Waals surface area contributed by atoms with Gasteiger partial charge < -0.3 is 4.90 Å². The normalized spacial score (nSPS) is 20.0. The number of rotatable bonds is 3. The highest BCUT2D eigenvalue weighted by molar-refractivity contribution is 5.27. The highest BCUT2D eigenvalue weighted by Gasteiger charge is 2.32. The van der Waals surface area contributed by atoms with Crippen LogP contribution < -0.4 is 0 Å². The predicted octanol–water partition coefficient (Wildman–Crippen LogP) is 2.29. The van der Waals surface area contributed by atoms with Gasteiger partial charge in [-0.05, 0) is 40.3 Å². The van der Waals surface area contributed by atoms with Crippen molar-refractivity contribution in [1.82, 2.24) is 4.90 Å². The fourth-order valence-corrected chi connectivity index (χ4v) is 1.25. The summed E-state index contributed by atoms with van der Waals surface area (Å²) < 4.78 is 0. The molecule has 0 fully saturated rings. The van der Waals surface area contributed by atoms with Crippen molar-refractivity contribution in [1.29, 1.82) is 0 Å². The highest BCUT2D eigenvalue weighted by atomic mass is 15.1. The summed E-state index contributed by atoms with van der Waals surface area (Å²) >= 11 is 0. The van der Waals surface area contributed by atoms with Gasteiger partial charge in [-0.1, -0.05) is 18.6 Å². The van der Waals surface area contributed by atoms with Crippen LogP contribution in [-0.2, 0) is 0 Å². The third-order valence-corrected chi connectivity index (χ3v) is 3.21. The molecule has 0 aromatic carbocycles. The summed E-state index contributed by atoms with van der Waals surface area (Å²) in [6.45, 7) is 6.92. The minimum absolute atomic E-state index is 0.308. The fraction of sp³-hybridized carbons (Fsp3) is 0.800. The average molecular weight is 153 g/mol. The SMILES string of the molecule is CC(C1=CC1)C(C)(C)N(C)C. The molecule has 1 aliphatic carbocycles. The first-order valence-electron chi connectivity index (χ1n) is 4.32. The van der Waals surface area contributed by atoms with Crippen molar-refractivity contribution >= 4 is 0 Å². The summed E-state index contributed by atoms with van der Waals surface area (Å²) in [5.41, 5.74) is 1.94. The van der Waals surface area contributed by atoms with E-state index < -0.39 is 0 Å². The smallest absolute Gasteiger partial charge is 0.0209 e. The molecule has 11 heavy (non-hydrogen) atoms. The van der Waals surface area contributed by atoms with E-state index in [1.165, 1.54) is 6.42 Å². The average Bonchev–Trinajstić information content (AvgIpc) is 2.66. The van der Waals surface area contributed by atoms with E-state index in [-0.39, 0.29) is 0 Å². The molecule has 0 radical (unpaired) electrons. The van der Waals surface area contributed by atoms with Crippen LogP contribution in [0.1, 0.15) is 27.2 Å². The van der Waals surface area contributed by atoms with Crippen LogP contribution in [0.3, 0.4) is 0 Å². The summed E-state index contributed by atoms with van der Waals surface area (Å²) in [5.74, 6) is 0.706. The highest BCUT2D eigenvalue weighted by Crippen LogP contribution is 2.36. The first-order chi connectivity index (χ1) is 4.96. The monoisotopic (exact) mass is 153 g/mol. The molecule has 1 atom stereocenters. The predicted molar refractivity (Wildman–Crippen MR) is 49.6 cm³/mol. The van der Waals surface area contributed by atoms with Gasteiger partial charge >= 0.3 is 0 Å². The quantitative estimate of drug-likeness (QED) is 0.562. The van der Waals surface area contributed by atoms with Crippen molar-refractivity contribution < 1.29 is 0 Å². The Morgan fingerprint density at radius 1 is 1.45 bits per heavy atom. The van der Waals surface area contributed by atoms with Crippen LogP contribution in [0.4, 0.5) is 0 Å². The zero-order valence-electron chi connectivity index (χ0n) is 8.31. The van der Waals surface area contributed by atoms with E-state index in [4.69, 9.17) is 0 Å². The van der Waals surface area contributed by atoms with E-state index in [0.29, 0.717) is 11.5 Å². The maximum atomic E-state index is 2.33. The molecule has 0 heterocycles. The number of nitrogens with zero attached hydrogens (tertiary/aromatic N) is 1. The van der Waals surface area contributed by atoms with Gasteiger partial charge in [0.15, 0.2) is 0 Å². The zero-order chi connectivity index (χ0) is 8.65. The second kappa shape index (κ2) is 2.63. The summed E-state index contributed by atoms with van der Waals surface area (Å²) in [4.78, 5) is 2.30. The van der Waals surface area contributed by atoms with E-state index in [0.717, 1.165) is 0 Å². The molecule has 0 saturated heterocycles. The molecule has 1 rings (SSSR count). The zero-order valence-corrected chi connectivity index (χ0v) is 8.31. The van der Waals surface area contributed by atoms with Crippen LogP contribution in [0.15, 0.2) is 11.6 Å². The molecular weight excluding hydrogens is 134 g/mol. The molecule has 0 bridgehead atoms. The Hall–Kier alpha value is -0.300. The van der Waals surface area contributed by atoms with Gasteiger partial charge in [-0.3, -0.25) is 0 Å². The van der Waals surface area contributed by atoms with Crippen molar-refractivity contribution in [2.45, 2.75) is 32.7 Å². The van der Waals surface area contributed by atoms with Gasteiger partial charge in [-0.15, -0.1) is 0 Å². The Morgan fingerprint density at radius 2 is 1.91 bits per heavy atom. The minimum Gasteiger partial charge on any atom is -0.304 e. The second-order valence-corrected chi connectivity index (χ2v) is 4.25. The van der Waals surface area contributed by atoms with E-state index >= 15 is 0 Å². The summed E-state index contributed by atoms with van der Waals surface area (Å²) in [7, 11) is 4.30. The Labute approximate surface area is 70.1 Å². The molecule has 1 nitrogen and oxygen atoms in total. The number of allylic oxidation sites excluding steroid dienone is 1. The lowest BCUT2D eigenvalue weighted by Gasteiger charge is -2.37. The lowest BCUT2D eigenvalue weighted by molar-refractivity contribution is 0.147. The van der Waals surface area contributed by atoms with Crippen molar-refractivity contribution in [3.63, 3.8) is 0 Å². The first-order valence-corrected chi connectivity index (χ1v) is 4.32. The fourth-order valence-electron chi connectivity index (χ4n) is 1.25. The topological polar surface area (TPSA) is 3.24 Å².